The van der Waals surface area contributed by atoms with Crippen LogP contribution in [0.1, 0.15) is 0 Å². The fraction of sp³-hybridized carbons (Fsp3) is 0. The van der Waals surface area contributed by atoms with Gasteiger partial charge in [-0.1, -0.05) is 103 Å². The van der Waals surface area contributed by atoms with Gasteiger partial charge in [0.1, 0.15) is 33.5 Å². The Morgan fingerprint density at radius 2 is 0.863 bits per heavy atom. The highest BCUT2D eigenvalue weighted by molar-refractivity contribution is 6.14. The fourth-order valence-corrected chi connectivity index (χ4v) is 7.36. The van der Waals surface area contributed by atoms with Gasteiger partial charge in [0.2, 0.25) is 0 Å². The minimum absolute atomic E-state index is 0.541. The van der Waals surface area contributed by atoms with Gasteiger partial charge in [0, 0.05) is 43.4 Å². The van der Waals surface area contributed by atoms with Gasteiger partial charge in [0.05, 0.1) is 5.56 Å². The van der Waals surface area contributed by atoms with Crippen LogP contribution in [-0.2, 0) is 0 Å². The van der Waals surface area contributed by atoms with Gasteiger partial charge in [-0.25, -0.2) is 15.0 Å². The van der Waals surface area contributed by atoms with Crippen molar-refractivity contribution < 1.29 is 13.3 Å². The summed E-state index contributed by atoms with van der Waals surface area (Å²) in [5.74, 6) is 1.67. The molecule has 0 bridgehead atoms. The van der Waals surface area contributed by atoms with Gasteiger partial charge in [-0.2, -0.15) is 0 Å². The zero-order chi connectivity index (χ0) is 33.5. The van der Waals surface area contributed by atoms with Crippen molar-refractivity contribution in [3.05, 3.63) is 152 Å². The van der Waals surface area contributed by atoms with Crippen LogP contribution in [0.2, 0.25) is 0 Å². The smallest absolute Gasteiger partial charge is 0.167 e. The third-order valence-corrected chi connectivity index (χ3v) is 9.76. The summed E-state index contributed by atoms with van der Waals surface area (Å²) >= 11 is 0. The second-order valence-corrected chi connectivity index (χ2v) is 12.8. The first-order valence-electron chi connectivity index (χ1n) is 16.8. The summed E-state index contributed by atoms with van der Waals surface area (Å²) in [5, 5.41) is 6.34. The maximum Gasteiger partial charge on any atom is 0.167 e. The number of furan rings is 3. The number of nitrogens with zero attached hydrogens (tertiary/aromatic N) is 3. The van der Waals surface area contributed by atoms with Gasteiger partial charge in [-0.3, -0.25) is 0 Å². The molecule has 0 spiro atoms. The molecule has 0 saturated heterocycles. The standard InChI is InChI=1S/C45H25N3O3/c1-2-10-26(11-3-1)43-46-44(48-45(47-43)35-16-8-15-33-30-12-4-6-17-36(30)51-42(33)35)28-21-23-32-31-22-20-27(24-39(31)50-40(32)25-28)29-14-9-19-38-41(29)34-13-5-7-18-37(34)49-38/h1-25H. The van der Waals surface area contributed by atoms with Gasteiger partial charge in [-0.05, 0) is 59.7 Å². The van der Waals surface area contributed by atoms with Crippen LogP contribution >= 0.6 is 0 Å². The molecule has 6 heteroatoms. The van der Waals surface area contributed by atoms with Crippen molar-refractivity contribution in [3.63, 3.8) is 0 Å². The number of rotatable bonds is 4. The van der Waals surface area contributed by atoms with Crippen molar-refractivity contribution in [1.29, 1.82) is 0 Å². The third-order valence-electron chi connectivity index (χ3n) is 9.76. The van der Waals surface area contributed by atoms with Gasteiger partial charge in [0.25, 0.3) is 0 Å². The first-order chi connectivity index (χ1) is 25.2. The molecule has 0 atom stereocenters. The first kappa shape index (κ1) is 27.9. The van der Waals surface area contributed by atoms with Crippen LogP contribution < -0.4 is 0 Å². The van der Waals surface area contributed by atoms with E-state index in [0.29, 0.717) is 17.5 Å². The van der Waals surface area contributed by atoms with Crippen LogP contribution in [-0.4, -0.2) is 15.0 Å². The maximum atomic E-state index is 6.57. The summed E-state index contributed by atoms with van der Waals surface area (Å²) in [4.78, 5) is 15.0. The molecule has 11 rings (SSSR count). The Morgan fingerprint density at radius 3 is 1.69 bits per heavy atom. The van der Waals surface area contributed by atoms with Crippen LogP contribution in [0.4, 0.5) is 0 Å². The van der Waals surface area contributed by atoms with Crippen molar-refractivity contribution in [1.82, 2.24) is 15.0 Å². The quantitative estimate of drug-likeness (QED) is 0.188. The predicted octanol–water partition coefficient (Wildman–Crippen LogP) is 12.2. The lowest BCUT2D eigenvalue weighted by Gasteiger charge is -2.08. The van der Waals surface area contributed by atoms with Crippen LogP contribution in [0.25, 0.3) is 111 Å². The lowest BCUT2D eigenvalue weighted by Crippen LogP contribution is -2.00. The molecule has 51 heavy (non-hydrogen) atoms. The van der Waals surface area contributed by atoms with Crippen LogP contribution in [0.5, 0.6) is 0 Å². The molecule has 0 N–H and O–H groups in total. The van der Waals surface area contributed by atoms with Crippen molar-refractivity contribution in [2.45, 2.75) is 0 Å². The molecular formula is C45H25N3O3. The normalized spacial score (nSPS) is 11.9. The van der Waals surface area contributed by atoms with Crippen molar-refractivity contribution >= 4 is 65.8 Å². The number of aromatic nitrogens is 3. The highest BCUT2D eigenvalue weighted by atomic mass is 16.3. The summed E-state index contributed by atoms with van der Waals surface area (Å²) in [6.07, 6.45) is 0. The minimum atomic E-state index is 0.541. The third kappa shape index (κ3) is 4.33. The molecule has 0 unspecified atom stereocenters. The molecule has 0 aliphatic rings. The lowest BCUT2D eigenvalue weighted by atomic mass is 9.98. The Morgan fingerprint density at radius 1 is 0.314 bits per heavy atom. The highest BCUT2D eigenvalue weighted by Crippen LogP contribution is 2.40. The summed E-state index contributed by atoms with van der Waals surface area (Å²) in [6.45, 7) is 0. The van der Waals surface area contributed by atoms with E-state index >= 15 is 0 Å². The molecule has 7 aromatic carbocycles. The Kier molecular flexibility index (Phi) is 5.86. The zero-order valence-corrected chi connectivity index (χ0v) is 27.0. The Bertz CT molecular complexity index is 3150. The average Bonchev–Trinajstić information content (AvgIpc) is 3.88. The lowest BCUT2D eigenvalue weighted by molar-refractivity contribution is 0.668. The molecule has 4 heterocycles. The van der Waals surface area contributed by atoms with E-state index in [1.807, 2.05) is 97.1 Å². The molecule has 11 aromatic rings. The Balaban J connectivity index is 1.07. The largest absolute Gasteiger partial charge is 0.456 e. The topological polar surface area (TPSA) is 78.1 Å². The molecule has 0 aliphatic heterocycles. The summed E-state index contributed by atoms with van der Waals surface area (Å²) in [5.41, 5.74) is 9.59. The molecule has 0 saturated carbocycles. The summed E-state index contributed by atoms with van der Waals surface area (Å²) in [6, 6.07) is 51.1. The van der Waals surface area contributed by atoms with E-state index in [-0.39, 0.29) is 0 Å². The monoisotopic (exact) mass is 655 g/mol. The molecule has 0 radical (unpaired) electrons. The summed E-state index contributed by atoms with van der Waals surface area (Å²) in [7, 11) is 0. The second kappa shape index (κ2) is 10.7. The van der Waals surface area contributed by atoms with Gasteiger partial charge in [0.15, 0.2) is 17.5 Å². The van der Waals surface area contributed by atoms with E-state index in [1.165, 1.54) is 0 Å². The van der Waals surface area contributed by atoms with Crippen molar-refractivity contribution in [2.75, 3.05) is 0 Å². The highest BCUT2D eigenvalue weighted by Gasteiger charge is 2.19. The van der Waals surface area contributed by atoms with E-state index < -0.39 is 0 Å². The molecule has 238 valence electrons. The average molecular weight is 656 g/mol. The summed E-state index contributed by atoms with van der Waals surface area (Å²) < 4.78 is 19.1. The van der Waals surface area contributed by atoms with E-state index in [2.05, 4.69) is 54.6 Å². The number of para-hydroxylation sites is 3. The van der Waals surface area contributed by atoms with E-state index in [4.69, 9.17) is 28.2 Å². The number of hydrogen-bond donors (Lipinski definition) is 0. The Labute approximate surface area is 290 Å². The Hall–Kier alpha value is -7.05. The molecule has 0 amide bonds. The van der Waals surface area contributed by atoms with Crippen LogP contribution in [0, 0.1) is 0 Å². The van der Waals surface area contributed by atoms with E-state index in [9.17, 15) is 0 Å². The first-order valence-corrected chi connectivity index (χ1v) is 16.8. The van der Waals surface area contributed by atoms with Gasteiger partial charge in [-0.15, -0.1) is 0 Å². The van der Waals surface area contributed by atoms with Crippen molar-refractivity contribution in [2.24, 2.45) is 0 Å². The number of hydrogen-bond acceptors (Lipinski definition) is 6. The van der Waals surface area contributed by atoms with E-state index in [0.717, 1.165) is 93.6 Å². The number of benzene rings is 7. The SMILES string of the molecule is c1ccc(-c2nc(-c3ccc4c(c3)oc3cc(-c5cccc6oc7ccccc7c56)ccc34)nc(-c3cccc4c3oc3ccccc34)n2)cc1. The van der Waals surface area contributed by atoms with Crippen LogP contribution in [0.15, 0.2) is 165 Å². The molecular weight excluding hydrogens is 631 g/mol. The minimum Gasteiger partial charge on any atom is -0.456 e. The van der Waals surface area contributed by atoms with Gasteiger partial charge < -0.3 is 13.3 Å². The van der Waals surface area contributed by atoms with Crippen LogP contribution in [0.3, 0.4) is 0 Å². The second-order valence-electron chi connectivity index (χ2n) is 12.8. The van der Waals surface area contributed by atoms with Gasteiger partial charge >= 0.3 is 0 Å². The molecule has 6 nitrogen and oxygen atoms in total. The maximum absolute atomic E-state index is 6.57. The van der Waals surface area contributed by atoms with Crippen molar-refractivity contribution in [3.8, 4) is 45.3 Å². The molecule has 0 aliphatic carbocycles. The predicted molar refractivity (Wildman–Crippen MR) is 203 cm³/mol. The number of fused-ring (bicyclic) bond motifs is 9. The fourth-order valence-electron chi connectivity index (χ4n) is 7.36. The zero-order valence-electron chi connectivity index (χ0n) is 27.0. The van der Waals surface area contributed by atoms with E-state index in [1.54, 1.807) is 0 Å². The molecule has 0 fully saturated rings. The molecule has 4 aromatic heterocycles.